The number of fused-ring (bicyclic) bond motifs is 1. The molecule has 2 saturated heterocycles. The lowest BCUT2D eigenvalue weighted by molar-refractivity contribution is -0.0192. The van der Waals surface area contributed by atoms with Gasteiger partial charge in [0.2, 0.25) is 0 Å². The topological polar surface area (TPSA) is 59.1 Å². The molecule has 0 aliphatic carbocycles. The lowest BCUT2D eigenvalue weighted by Crippen LogP contribution is -2.41. The molecule has 2 aromatic rings. The summed E-state index contributed by atoms with van der Waals surface area (Å²) in [6.07, 6.45) is 4.96. The van der Waals surface area contributed by atoms with Crippen molar-refractivity contribution in [2.75, 3.05) is 25.0 Å². The summed E-state index contributed by atoms with van der Waals surface area (Å²) >= 11 is 1.74. The molecule has 4 heterocycles. The number of hydrogen-bond donors (Lipinski definition) is 2. The molecule has 0 amide bonds. The minimum Gasteiger partial charge on any atom is -0.373 e. The maximum absolute atomic E-state index is 6.17. The van der Waals surface area contributed by atoms with Gasteiger partial charge >= 0.3 is 0 Å². The number of aryl methyl sites for hydroxylation is 2. The molecule has 2 N–H and O–H groups in total. The number of anilines is 1. The first-order valence-corrected chi connectivity index (χ1v) is 8.80. The number of thiophene rings is 1. The Balaban J connectivity index is 1.57. The quantitative estimate of drug-likeness (QED) is 0.891. The van der Waals surface area contributed by atoms with Gasteiger partial charge in [0.15, 0.2) is 0 Å². The van der Waals surface area contributed by atoms with E-state index < -0.39 is 0 Å². The molecule has 4 rings (SSSR count). The Morgan fingerprint density at radius 1 is 1.32 bits per heavy atom. The molecule has 2 aliphatic rings. The van der Waals surface area contributed by atoms with Gasteiger partial charge in [-0.3, -0.25) is 0 Å². The number of nitrogens with zero attached hydrogens (tertiary/aromatic N) is 2. The highest BCUT2D eigenvalue weighted by molar-refractivity contribution is 7.18. The predicted octanol–water partition coefficient (Wildman–Crippen LogP) is 2.63. The lowest BCUT2D eigenvalue weighted by Gasteiger charge is -2.32. The molecule has 0 radical (unpaired) electrons. The largest absolute Gasteiger partial charge is 0.373 e. The van der Waals surface area contributed by atoms with Crippen LogP contribution in [0.1, 0.15) is 29.7 Å². The molecule has 0 aromatic carbocycles. The van der Waals surface area contributed by atoms with E-state index in [0.717, 1.165) is 49.6 Å². The molecule has 2 aromatic heterocycles. The zero-order chi connectivity index (χ0) is 15.2. The third-order valence-electron chi connectivity index (χ3n) is 5.03. The molecule has 0 unspecified atom stereocenters. The van der Waals surface area contributed by atoms with Crippen LogP contribution >= 0.6 is 11.3 Å². The second-order valence-electron chi connectivity index (χ2n) is 6.48. The lowest BCUT2D eigenvalue weighted by atomic mass is 9.88. The molecule has 0 bridgehead atoms. The van der Waals surface area contributed by atoms with Crippen LogP contribution in [0.2, 0.25) is 0 Å². The summed E-state index contributed by atoms with van der Waals surface area (Å²) in [4.78, 5) is 11.3. The third kappa shape index (κ3) is 2.39. The third-order valence-corrected chi connectivity index (χ3v) is 6.15. The highest BCUT2D eigenvalue weighted by Crippen LogP contribution is 2.37. The van der Waals surface area contributed by atoms with E-state index in [2.05, 4.69) is 34.4 Å². The predicted molar refractivity (Wildman–Crippen MR) is 89.7 cm³/mol. The van der Waals surface area contributed by atoms with Crippen molar-refractivity contribution in [3.05, 3.63) is 16.8 Å². The summed E-state index contributed by atoms with van der Waals surface area (Å²) in [5, 5.41) is 8.21. The van der Waals surface area contributed by atoms with Gasteiger partial charge in [-0.05, 0) is 51.8 Å². The molecule has 6 heteroatoms. The summed E-state index contributed by atoms with van der Waals surface area (Å²) in [6, 6.07) is 0.343. The summed E-state index contributed by atoms with van der Waals surface area (Å²) in [6.45, 7) is 7.20. The molecule has 118 valence electrons. The molecule has 1 atom stereocenters. The van der Waals surface area contributed by atoms with Gasteiger partial charge in [0.05, 0.1) is 23.6 Å². The van der Waals surface area contributed by atoms with Crippen LogP contribution in [0.4, 0.5) is 5.82 Å². The van der Waals surface area contributed by atoms with E-state index in [1.54, 1.807) is 17.7 Å². The smallest absolute Gasteiger partial charge is 0.138 e. The molecular weight excluding hydrogens is 296 g/mol. The van der Waals surface area contributed by atoms with E-state index in [-0.39, 0.29) is 5.60 Å². The molecule has 5 nitrogen and oxygen atoms in total. The van der Waals surface area contributed by atoms with Crippen molar-refractivity contribution in [2.45, 2.75) is 44.8 Å². The van der Waals surface area contributed by atoms with Crippen LogP contribution in [-0.4, -0.2) is 41.3 Å². The second-order valence-corrected chi connectivity index (χ2v) is 7.68. The Hall–Kier alpha value is -1.24. The SMILES string of the molecule is Cc1sc2ncnc(N[C@@H]3COC4(CCNCC4)C3)c2c1C. The Labute approximate surface area is 134 Å². The zero-order valence-electron chi connectivity index (χ0n) is 13.1. The minimum absolute atomic E-state index is 0.0780. The van der Waals surface area contributed by atoms with Crippen LogP contribution in [0.15, 0.2) is 6.33 Å². The van der Waals surface area contributed by atoms with Crippen LogP contribution < -0.4 is 10.6 Å². The van der Waals surface area contributed by atoms with Gasteiger partial charge in [0.1, 0.15) is 17.0 Å². The molecule has 2 fully saturated rings. The number of piperidine rings is 1. The summed E-state index contributed by atoms with van der Waals surface area (Å²) in [5.41, 5.74) is 1.37. The fraction of sp³-hybridized carbons (Fsp3) is 0.625. The Kier molecular flexibility index (Phi) is 3.55. The van der Waals surface area contributed by atoms with E-state index in [1.807, 2.05) is 0 Å². The van der Waals surface area contributed by atoms with Gasteiger partial charge in [-0.2, -0.15) is 0 Å². The standard InChI is InChI=1S/C16H22N4OS/c1-10-11(2)22-15-13(10)14(18-9-19-15)20-12-7-16(21-8-12)3-5-17-6-4-16/h9,12,17H,3-8H2,1-2H3,(H,18,19,20)/t12-/m0/s1. The Bertz CT molecular complexity index is 693. The normalized spacial score (nSPS) is 24.2. The maximum Gasteiger partial charge on any atom is 0.138 e. The van der Waals surface area contributed by atoms with Crippen LogP contribution in [-0.2, 0) is 4.74 Å². The van der Waals surface area contributed by atoms with E-state index in [1.165, 1.54) is 15.8 Å². The average Bonchev–Trinajstić information content (AvgIpc) is 3.03. The van der Waals surface area contributed by atoms with E-state index in [9.17, 15) is 0 Å². The molecular formula is C16H22N4OS. The highest BCUT2D eigenvalue weighted by atomic mass is 32.1. The number of nitrogens with one attached hydrogen (secondary N) is 2. The minimum atomic E-state index is 0.0780. The van der Waals surface area contributed by atoms with E-state index in [0.29, 0.717) is 6.04 Å². The van der Waals surface area contributed by atoms with Crippen LogP contribution in [0.3, 0.4) is 0 Å². The molecule has 22 heavy (non-hydrogen) atoms. The number of rotatable bonds is 2. The van der Waals surface area contributed by atoms with Crippen molar-refractivity contribution >= 4 is 27.4 Å². The monoisotopic (exact) mass is 318 g/mol. The van der Waals surface area contributed by atoms with Crippen LogP contribution in [0.25, 0.3) is 10.2 Å². The first kappa shape index (κ1) is 14.4. The van der Waals surface area contributed by atoms with Crippen molar-refractivity contribution in [1.82, 2.24) is 15.3 Å². The first-order chi connectivity index (χ1) is 10.7. The zero-order valence-corrected chi connectivity index (χ0v) is 13.9. The summed E-state index contributed by atoms with van der Waals surface area (Å²) < 4.78 is 6.17. The van der Waals surface area contributed by atoms with Gasteiger partial charge in [-0.15, -0.1) is 11.3 Å². The average molecular weight is 318 g/mol. The number of aromatic nitrogens is 2. The van der Waals surface area contributed by atoms with E-state index in [4.69, 9.17) is 4.74 Å². The van der Waals surface area contributed by atoms with Crippen molar-refractivity contribution in [3.8, 4) is 0 Å². The highest BCUT2D eigenvalue weighted by Gasteiger charge is 2.41. The van der Waals surface area contributed by atoms with Gasteiger partial charge in [-0.1, -0.05) is 0 Å². The Morgan fingerprint density at radius 2 is 2.14 bits per heavy atom. The number of hydrogen-bond acceptors (Lipinski definition) is 6. The van der Waals surface area contributed by atoms with Gasteiger partial charge in [0, 0.05) is 4.88 Å². The summed E-state index contributed by atoms with van der Waals surface area (Å²) in [7, 11) is 0. The van der Waals surface area contributed by atoms with Crippen molar-refractivity contribution in [2.24, 2.45) is 0 Å². The summed E-state index contributed by atoms with van der Waals surface area (Å²) in [5.74, 6) is 0.964. The van der Waals surface area contributed by atoms with Crippen LogP contribution in [0.5, 0.6) is 0 Å². The first-order valence-electron chi connectivity index (χ1n) is 7.99. The van der Waals surface area contributed by atoms with Gasteiger partial charge in [-0.25, -0.2) is 9.97 Å². The Morgan fingerprint density at radius 3 is 2.95 bits per heavy atom. The van der Waals surface area contributed by atoms with Crippen LogP contribution in [0, 0.1) is 13.8 Å². The second kappa shape index (κ2) is 5.44. The van der Waals surface area contributed by atoms with Gasteiger partial charge in [0.25, 0.3) is 0 Å². The molecule has 1 spiro atoms. The van der Waals surface area contributed by atoms with Crippen molar-refractivity contribution in [3.63, 3.8) is 0 Å². The fourth-order valence-corrected chi connectivity index (χ4v) is 4.65. The van der Waals surface area contributed by atoms with E-state index >= 15 is 0 Å². The van der Waals surface area contributed by atoms with Crippen molar-refractivity contribution < 1.29 is 4.74 Å². The maximum atomic E-state index is 6.17. The van der Waals surface area contributed by atoms with Gasteiger partial charge < -0.3 is 15.4 Å². The molecule has 2 aliphatic heterocycles. The fourth-order valence-electron chi connectivity index (χ4n) is 3.65. The molecule has 0 saturated carbocycles. The van der Waals surface area contributed by atoms with Crippen molar-refractivity contribution in [1.29, 1.82) is 0 Å². The number of ether oxygens (including phenoxy) is 1.